The lowest BCUT2D eigenvalue weighted by Gasteiger charge is -2.20. The van der Waals surface area contributed by atoms with E-state index >= 15 is 0 Å². The van der Waals surface area contributed by atoms with E-state index in [0.717, 1.165) is 30.6 Å². The molecule has 0 unspecified atom stereocenters. The first-order chi connectivity index (χ1) is 14.1. The van der Waals surface area contributed by atoms with Crippen LogP contribution in [0.3, 0.4) is 0 Å². The maximum Gasteiger partial charge on any atom is 0.253 e. The summed E-state index contributed by atoms with van der Waals surface area (Å²) in [5, 5.41) is 0.694. The second kappa shape index (κ2) is 8.97. The molecule has 0 aliphatic carbocycles. The highest BCUT2D eigenvalue weighted by molar-refractivity contribution is 6.30. The SMILES string of the molecule is CN(CCCN1CCCC1)C(=O)c1ccc2nc(Cc3cccc(Cl)c3)oc2c1. The van der Waals surface area contributed by atoms with E-state index in [2.05, 4.69) is 9.88 Å². The molecule has 1 fully saturated rings. The first kappa shape index (κ1) is 19.9. The Labute approximate surface area is 176 Å². The molecule has 4 rings (SSSR count). The van der Waals surface area contributed by atoms with E-state index in [4.69, 9.17) is 16.0 Å². The van der Waals surface area contributed by atoms with E-state index in [-0.39, 0.29) is 5.91 Å². The molecule has 1 aliphatic rings. The van der Waals surface area contributed by atoms with Crippen LogP contribution in [0.25, 0.3) is 11.1 Å². The summed E-state index contributed by atoms with van der Waals surface area (Å²) in [4.78, 5) is 21.6. The van der Waals surface area contributed by atoms with E-state index in [1.54, 1.807) is 11.0 Å². The van der Waals surface area contributed by atoms with Gasteiger partial charge in [0.05, 0.1) is 0 Å². The first-order valence-electron chi connectivity index (χ1n) is 10.2. The number of rotatable bonds is 7. The summed E-state index contributed by atoms with van der Waals surface area (Å²) in [6.07, 6.45) is 4.15. The molecule has 0 radical (unpaired) electrons. The van der Waals surface area contributed by atoms with Crippen molar-refractivity contribution in [3.63, 3.8) is 0 Å². The number of halogens is 1. The Morgan fingerprint density at radius 1 is 1.21 bits per heavy atom. The van der Waals surface area contributed by atoms with Gasteiger partial charge in [-0.1, -0.05) is 23.7 Å². The summed E-state index contributed by atoms with van der Waals surface area (Å²) in [7, 11) is 1.86. The number of carbonyl (C=O) groups is 1. The molecule has 29 heavy (non-hydrogen) atoms. The standard InChI is InChI=1S/C23H26ClN3O2/c1-26(10-5-13-27-11-2-3-12-27)23(28)18-8-9-20-21(16-18)29-22(25-20)15-17-6-4-7-19(24)14-17/h4,6-9,14,16H,2-3,5,10-13,15H2,1H3. The third kappa shape index (κ3) is 4.98. The van der Waals surface area contributed by atoms with Crippen molar-refractivity contribution in [2.45, 2.75) is 25.7 Å². The van der Waals surface area contributed by atoms with Crippen LogP contribution in [0, 0.1) is 0 Å². The molecule has 152 valence electrons. The molecule has 0 bridgehead atoms. The van der Waals surface area contributed by atoms with Gasteiger partial charge in [0, 0.05) is 30.6 Å². The van der Waals surface area contributed by atoms with E-state index in [9.17, 15) is 4.79 Å². The summed E-state index contributed by atoms with van der Waals surface area (Å²) in [5.74, 6) is 0.631. The lowest BCUT2D eigenvalue weighted by molar-refractivity contribution is 0.0789. The number of nitrogens with zero attached hydrogens (tertiary/aromatic N) is 3. The Kier molecular flexibility index (Phi) is 6.16. The van der Waals surface area contributed by atoms with Gasteiger partial charge in [-0.3, -0.25) is 4.79 Å². The van der Waals surface area contributed by atoms with Crippen LogP contribution in [0.5, 0.6) is 0 Å². The third-order valence-corrected chi connectivity index (χ3v) is 5.67. The minimum Gasteiger partial charge on any atom is -0.440 e. The zero-order valence-corrected chi connectivity index (χ0v) is 17.5. The third-order valence-electron chi connectivity index (χ3n) is 5.44. The minimum atomic E-state index is 0.0149. The molecule has 1 amide bonds. The lowest BCUT2D eigenvalue weighted by atomic mass is 10.1. The number of benzene rings is 2. The fourth-order valence-electron chi connectivity index (χ4n) is 3.86. The molecule has 0 N–H and O–H groups in total. The Morgan fingerprint density at radius 2 is 2.03 bits per heavy atom. The second-order valence-corrected chi connectivity index (χ2v) is 8.16. The van der Waals surface area contributed by atoms with Crippen molar-refractivity contribution in [1.29, 1.82) is 0 Å². The van der Waals surface area contributed by atoms with Gasteiger partial charge in [0.1, 0.15) is 5.52 Å². The van der Waals surface area contributed by atoms with Crippen molar-refractivity contribution >= 4 is 28.6 Å². The topological polar surface area (TPSA) is 49.6 Å². The average Bonchev–Trinajstić information content (AvgIpc) is 3.36. The van der Waals surface area contributed by atoms with Gasteiger partial charge in [-0.2, -0.15) is 0 Å². The summed E-state index contributed by atoms with van der Waals surface area (Å²) in [6, 6.07) is 13.1. The van der Waals surface area contributed by atoms with Crippen LogP contribution in [0.2, 0.25) is 5.02 Å². The molecule has 0 saturated carbocycles. The van der Waals surface area contributed by atoms with E-state index in [0.29, 0.717) is 28.5 Å². The molecular formula is C23H26ClN3O2. The van der Waals surface area contributed by atoms with Crippen molar-refractivity contribution in [3.05, 3.63) is 64.5 Å². The maximum absolute atomic E-state index is 12.8. The largest absolute Gasteiger partial charge is 0.440 e. The van der Waals surface area contributed by atoms with Gasteiger partial charge in [0.2, 0.25) is 0 Å². The Bertz CT molecular complexity index is 995. The van der Waals surface area contributed by atoms with E-state index in [1.807, 2.05) is 43.4 Å². The highest BCUT2D eigenvalue weighted by atomic mass is 35.5. The van der Waals surface area contributed by atoms with Crippen LogP contribution < -0.4 is 0 Å². The van der Waals surface area contributed by atoms with Gasteiger partial charge in [-0.15, -0.1) is 0 Å². The van der Waals surface area contributed by atoms with Crippen LogP contribution in [0.1, 0.15) is 41.1 Å². The number of hydrogen-bond acceptors (Lipinski definition) is 4. The highest BCUT2D eigenvalue weighted by Gasteiger charge is 2.16. The van der Waals surface area contributed by atoms with Gasteiger partial charge >= 0.3 is 0 Å². The molecule has 3 aromatic rings. The second-order valence-electron chi connectivity index (χ2n) is 7.73. The van der Waals surface area contributed by atoms with E-state index in [1.165, 1.54) is 25.9 Å². The van der Waals surface area contributed by atoms with Crippen LogP contribution in [0.4, 0.5) is 0 Å². The lowest BCUT2D eigenvalue weighted by Crippen LogP contribution is -2.30. The normalized spacial score (nSPS) is 14.6. The number of amides is 1. The fraction of sp³-hybridized carbons (Fsp3) is 0.391. The molecule has 0 spiro atoms. The molecule has 5 nitrogen and oxygen atoms in total. The predicted octanol–water partition coefficient (Wildman–Crippen LogP) is 4.63. The van der Waals surface area contributed by atoms with Crippen molar-refractivity contribution in [2.24, 2.45) is 0 Å². The molecular weight excluding hydrogens is 386 g/mol. The van der Waals surface area contributed by atoms with Gasteiger partial charge < -0.3 is 14.2 Å². The summed E-state index contributed by atoms with van der Waals surface area (Å²) in [6.45, 7) is 4.20. The Hall–Kier alpha value is -2.37. The van der Waals surface area contributed by atoms with Crippen LogP contribution in [-0.2, 0) is 6.42 Å². The van der Waals surface area contributed by atoms with Crippen molar-refractivity contribution in [1.82, 2.24) is 14.8 Å². The zero-order chi connectivity index (χ0) is 20.2. The predicted molar refractivity (Wildman–Crippen MR) is 116 cm³/mol. The number of aromatic nitrogens is 1. The van der Waals surface area contributed by atoms with Gasteiger partial charge in [0.15, 0.2) is 11.5 Å². The number of carbonyl (C=O) groups excluding carboxylic acids is 1. The molecule has 1 saturated heterocycles. The monoisotopic (exact) mass is 411 g/mol. The molecule has 2 heterocycles. The molecule has 2 aromatic carbocycles. The molecule has 0 atom stereocenters. The average molecular weight is 412 g/mol. The number of hydrogen-bond donors (Lipinski definition) is 0. The number of likely N-dealkylation sites (tertiary alicyclic amines) is 1. The minimum absolute atomic E-state index is 0.0149. The van der Waals surface area contributed by atoms with Crippen LogP contribution in [0.15, 0.2) is 46.9 Å². The summed E-state index contributed by atoms with van der Waals surface area (Å²) >= 11 is 6.05. The summed E-state index contributed by atoms with van der Waals surface area (Å²) < 4.78 is 5.90. The number of fused-ring (bicyclic) bond motifs is 1. The Balaban J connectivity index is 1.40. The van der Waals surface area contributed by atoms with Gasteiger partial charge in [-0.05, 0) is 74.8 Å². The van der Waals surface area contributed by atoms with Crippen LogP contribution in [-0.4, -0.2) is 53.9 Å². The van der Waals surface area contributed by atoms with Crippen molar-refractivity contribution < 1.29 is 9.21 Å². The fourth-order valence-corrected chi connectivity index (χ4v) is 4.08. The maximum atomic E-state index is 12.8. The van der Waals surface area contributed by atoms with Crippen molar-refractivity contribution in [3.8, 4) is 0 Å². The molecule has 6 heteroatoms. The first-order valence-corrected chi connectivity index (χ1v) is 10.6. The number of oxazole rings is 1. The zero-order valence-electron chi connectivity index (χ0n) is 16.7. The molecule has 1 aliphatic heterocycles. The smallest absolute Gasteiger partial charge is 0.253 e. The van der Waals surface area contributed by atoms with Crippen molar-refractivity contribution in [2.75, 3.05) is 33.2 Å². The van der Waals surface area contributed by atoms with Gasteiger partial charge in [-0.25, -0.2) is 4.98 Å². The highest BCUT2D eigenvalue weighted by Crippen LogP contribution is 2.21. The Morgan fingerprint density at radius 3 is 2.83 bits per heavy atom. The molecule has 1 aromatic heterocycles. The quantitative estimate of drug-likeness (QED) is 0.568. The van der Waals surface area contributed by atoms with Gasteiger partial charge in [0.25, 0.3) is 5.91 Å². The summed E-state index contributed by atoms with van der Waals surface area (Å²) in [5.41, 5.74) is 3.07. The van der Waals surface area contributed by atoms with E-state index < -0.39 is 0 Å². The van der Waals surface area contributed by atoms with Crippen LogP contribution >= 0.6 is 11.6 Å².